The van der Waals surface area contributed by atoms with Gasteiger partial charge in [-0.3, -0.25) is 9.59 Å². The molecule has 1 aliphatic rings. The Morgan fingerprint density at radius 1 is 0.850 bits per heavy atom. The summed E-state index contributed by atoms with van der Waals surface area (Å²) in [6, 6.07) is 14.6. The Kier molecular flexibility index (Phi) is 2.28. The average Bonchev–Trinajstić information content (AvgIpc) is 3.02. The molecule has 0 radical (unpaired) electrons. The van der Waals surface area contributed by atoms with E-state index in [1.165, 1.54) is 4.90 Å². The largest absolute Gasteiger partial charge is 0.268 e. The maximum Gasteiger partial charge on any atom is 0.266 e. The van der Waals surface area contributed by atoms with Gasteiger partial charge < -0.3 is 0 Å². The van der Waals surface area contributed by atoms with Gasteiger partial charge in [-0.05, 0) is 41.1 Å². The number of rotatable bonds is 1. The molecule has 0 fully saturated rings. The van der Waals surface area contributed by atoms with E-state index in [0.717, 1.165) is 10.1 Å². The van der Waals surface area contributed by atoms with E-state index < -0.39 is 0 Å². The normalized spacial score (nSPS) is 14.1. The lowest BCUT2D eigenvalue weighted by Crippen LogP contribution is -2.29. The standard InChI is InChI=1S/C16H9NO2S/c18-15-12-8-10-6-7-20-14(10)9-13(12)16(19)17(15)11-4-2-1-3-5-11/h1-9H. The van der Waals surface area contributed by atoms with Crippen LogP contribution in [0.5, 0.6) is 0 Å². The van der Waals surface area contributed by atoms with Crippen LogP contribution in [0, 0.1) is 0 Å². The molecule has 3 nitrogen and oxygen atoms in total. The van der Waals surface area contributed by atoms with Crippen molar-refractivity contribution in [1.29, 1.82) is 0 Å². The van der Waals surface area contributed by atoms with Crippen LogP contribution in [-0.4, -0.2) is 11.8 Å². The molecule has 0 atom stereocenters. The van der Waals surface area contributed by atoms with E-state index in [-0.39, 0.29) is 11.8 Å². The molecule has 1 aliphatic heterocycles. The van der Waals surface area contributed by atoms with Crippen molar-refractivity contribution in [3.8, 4) is 0 Å². The molecule has 4 rings (SSSR count). The predicted octanol–water partition coefficient (Wildman–Crippen LogP) is 3.70. The van der Waals surface area contributed by atoms with Gasteiger partial charge in [0.05, 0.1) is 16.8 Å². The van der Waals surface area contributed by atoms with Gasteiger partial charge in [-0.15, -0.1) is 11.3 Å². The average molecular weight is 279 g/mol. The van der Waals surface area contributed by atoms with E-state index >= 15 is 0 Å². The zero-order valence-electron chi connectivity index (χ0n) is 10.4. The van der Waals surface area contributed by atoms with Crippen molar-refractivity contribution in [2.45, 2.75) is 0 Å². The molecule has 3 aromatic rings. The second kappa shape index (κ2) is 4.02. The summed E-state index contributed by atoms with van der Waals surface area (Å²) in [5.74, 6) is -0.490. The second-order valence-electron chi connectivity index (χ2n) is 4.64. The van der Waals surface area contributed by atoms with Crippen LogP contribution < -0.4 is 4.90 Å². The van der Waals surface area contributed by atoms with Gasteiger partial charge in [0.1, 0.15) is 0 Å². The SMILES string of the molecule is O=C1c2cc3ccsc3cc2C(=O)N1c1ccccc1. The molecule has 0 aliphatic carbocycles. The minimum absolute atomic E-state index is 0.244. The van der Waals surface area contributed by atoms with E-state index in [1.807, 2.05) is 41.8 Å². The molecule has 20 heavy (non-hydrogen) atoms. The predicted molar refractivity (Wildman–Crippen MR) is 79.4 cm³/mol. The molecule has 2 heterocycles. The second-order valence-corrected chi connectivity index (χ2v) is 5.59. The third-order valence-corrected chi connectivity index (χ3v) is 4.35. The molecular weight excluding hydrogens is 270 g/mol. The molecule has 4 heteroatoms. The van der Waals surface area contributed by atoms with Gasteiger partial charge in [0.2, 0.25) is 0 Å². The number of fused-ring (bicyclic) bond motifs is 2. The van der Waals surface area contributed by atoms with Gasteiger partial charge in [-0.1, -0.05) is 18.2 Å². The highest BCUT2D eigenvalue weighted by Gasteiger charge is 2.36. The maximum atomic E-state index is 12.5. The van der Waals surface area contributed by atoms with Crippen LogP contribution in [0.15, 0.2) is 53.9 Å². The Morgan fingerprint density at radius 2 is 1.55 bits per heavy atom. The Labute approximate surface area is 119 Å². The first kappa shape index (κ1) is 11.4. The van der Waals surface area contributed by atoms with Gasteiger partial charge in [0, 0.05) is 4.70 Å². The molecule has 2 amide bonds. The highest BCUT2D eigenvalue weighted by atomic mass is 32.1. The van der Waals surface area contributed by atoms with Crippen molar-refractivity contribution in [1.82, 2.24) is 0 Å². The van der Waals surface area contributed by atoms with Crippen LogP contribution in [-0.2, 0) is 0 Å². The van der Waals surface area contributed by atoms with E-state index in [1.54, 1.807) is 23.5 Å². The van der Waals surface area contributed by atoms with Crippen LogP contribution in [0.25, 0.3) is 10.1 Å². The van der Waals surface area contributed by atoms with Crippen molar-refractivity contribution in [2.75, 3.05) is 4.90 Å². The Morgan fingerprint density at radius 3 is 2.30 bits per heavy atom. The van der Waals surface area contributed by atoms with E-state index in [2.05, 4.69) is 0 Å². The summed E-state index contributed by atoms with van der Waals surface area (Å²) in [6.45, 7) is 0. The Bertz CT molecular complexity index is 801. The molecule has 0 spiro atoms. The van der Waals surface area contributed by atoms with Crippen LogP contribution in [0.4, 0.5) is 5.69 Å². The summed E-state index contributed by atoms with van der Waals surface area (Å²) >= 11 is 1.57. The summed E-state index contributed by atoms with van der Waals surface area (Å²) in [5.41, 5.74) is 1.60. The number of carbonyl (C=O) groups excluding carboxylic acids is 2. The summed E-state index contributed by atoms with van der Waals surface area (Å²) < 4.78 is 1.03. The van der Waals surface area contributed by atoms with Crippen molar-refractivity contribution >= 4 is 38.9 Å². The summed E-state index contributed by atoms with van der Waals surface area (Å²) in [5, 5.41) is 2.97. The minimum Gasteiger partial charge on any atom is -0.268 e. The molecule has 0 saturated carbocycles. The van der Waals surface area contributed by atoms with Gasteiger partial charge in [0.15, 0.2) is 0 Å². The molecule has 0 bridgehead atoms. The zero-order chi connectivity index (χ0) is 13.7. The third-order valence-electron chi connectivity index (χ3n) is 3.47. The fraction of sp³-hybridized carbons (Fsp3) is 0. The monoisotopic (exact) mass is 279 g/mol. The number of hydrogen-bond acceptors (Lipinski definition) is 3. The minimum atomic E-state index is -0.246. The quantitative estimate of drug-likeness (QED) is 0.637. The lowest BCUT2D eigenvalue weighted by Gasteiger charge is -2.13. The van der Waals surface area contributed by atoms with E-state index in [4.69, 9.17) is 0 Å². The van der Waals surface area contributed by atoms with Gasteiger partial charge in [-0.2, -0.15) is 0 Å². The number of amides is 2. The van der Waals surface area contributed by atoms with Crippen molar-refractivity contribution in [3.05, 3.63) is 65.0 Å². The highest BCUT2D eigenvalue weighted by Crippen LogP contribution is 2.33. The summed E-state index contributed by atoms with van der Waals surface area (Å²) in [6.07, 6.45) is 0. The van der Waals surface area contributed by atoms with Crippen molar-refractivity contribution in [3.63, 3.8) is 0 Å². The first-order valence-corrected chi connectivity index (χ1v) is 7.09. The topological polar surface area (TPSA) is 37.4 Å². The fourth-order valence-corrected chi connectivity index (χ4v) is 3.32. The first-order valence-electron chi connectivity index (χ1n) is 6.21. The number of imide groups is 1. The van der Waals surface area contributed by atoms with Crippen LogP contribution in [0.2, 0.25) is 0 Å². The number of carbonyl (C=O) groups is 2. The summed E-state index contributed by atoms with van der Waals surface area (Å²) in [7, 11) is 0. The fourth-order valence-electron chi connectivity index (χ4n) is 2.51. The lowest BCUT2D eigenvalue weighted by atomic mass is 10.1. The van der Waals surface area contributed by atoms with Gasteiger partial charge >= 0.3 is 0 Å². The smallest absolute Gasteiger partial charge is 0.266 e. The highest BCUT2D eigenvalue weighted by molar-refractivity contribution is 7.17. The first-order chi connectivity index (χ1) is 9.75. The van der Waals surface area contributed by atoms with Crippen LogP contribution in [0.3, 0.4) is 0 Å². The number of thiophene rings is 1. The van der Waals surface area contributed by atoms with E-state index in [0.29, 0.717) is 16.8 Å². The van der Waals surface area contributed by atoms with Crippen molar-refractivity contribution in [2.24, 2.45) is 0 Å². The van der Waals surface area contributed by atoms with E-state index in [9.17, 15) is 9.59 Å². The molecule has 96 valence electrons. The number of anilines is 1. The van der Waals surface area contributed by atoms with Crippen LogP contribution in [0.1, 0.15) is 20.7 Å². The van der Waals surface area contributed by atoms with Crippen molar-refractivity contribution < 1.29 is 9.59 Å². The Balaban J connectivity index is 1.92. The molecule has 0 unspecified atom stereocenters. The van der Waals surface area contributed by atoms with Gasteiger partial charge in [-0.25, -0.2) is 4.90 Å². The number of benzene rings is 2. The number of hydrogen-bond donors (Lipinski definition) is 0. The van der Waals surface area contributed by atoms with Crippen LogP contribution >= 0.6 is 11.3 Å². The molecular formula is C16H9NO2S. The molecule has 0 N–H and O–H groups in total. The molecule has 0 saturated heterocycles. The lowest BCUT2D eigenvalue weighted by molar-refractivity contribution is 0.0926. The molecule has 2 aromatic carbocycles. The third kappa shape index (κ3) is 1.45. The van der Waals surface area contributed by atoms with Gasteiger partial charge in [0.25, 0.3) is 11.8 Å². The zero-order valence-corrected chi connectivity index (χ0v) is 11.2. The number of nitrogens with zero attached hydrogens (tertiary/aromatic N) is 1. The molecule has 1 aromatic heterocycles. The Hall–Kier alpha value is -2.46. The maximum absolute atomic E-state index is 12.5. The summed E-state index contributed by atoms with van der Waals surface area (Å²) in [4.78, 5) is 26.2. The number of para-hydroxylation sites is 1.